The monoisotopic (exact) mass is 354 g/mol. The summed E-state index contributed by atoms with van der Waals surface area (Å²) in [7, 11) is 0. The van der Waals surface area contributed by atoms with Crippen molar-refractivity contribution in [1.29, 1.82) is 0 Å². The summed E-state index contributed by atoms with van der Waals surface area (Å²) < 4.78 is 0. The smallest absolute Gasteiger partial charge is 0.265 e. The lowest BCUT2D eigenvalue weighted by Gasteiger charge is -2.07. The first kappa shape index (κ1) is 19.0. The Morgan fingerprint density at radius 2 is 1.73 bits per heavy atom. The molecule has 0 atom stereocenters. The molecule has 0 bridgehead atoms. The number of hydrogen-bond donors (Lipinski definition) is 3. The van der Waals surface area contributed by atoms with Crippen molar-refractivity contribution < 1.29 is 14.4 Å². The highest BCUT2D eigenvalue weighted by Gasteiger charge is 2.05. The summed E-state index contributed by atoms with van der Waals surface area (Å²) in [5, 5.41) is 9.06. The molecule has 0 saturated carbocycles. The van der Waals surface area contributed by atoms with Crippen molar-refractivity contribution in [3.05, 3.63) is 60.2 Å². The van der Waals surface area contributed by atoms with Crippen LogP contribution in [0.1, 0.15) is 18.9 Å². The minimum absolute atomic E-state index is 0.183. The van der Waals surface area contributed by atoms with E-state index in [1.807, 2.05) is 30.3 Å². The number of carbonyl (C=O) groups is 2. The molecule has 2 rings (SSSR count). The Kier molecular flexibility index (Phi) is 7.17. The van der Waals surface area contributed by atoms with Gasteiger partial charge in [-0.25, -0.2) is 0 Å². The number of amidine groups is 1. The second-order valence-corrected chi connectivity index (χ2v) is 5.65. The van der Waals surface area contributed by atoms with Crippen LogP contribution in [0.3, 0.4) is 0 Å². The molecule has 0 radical (unpaired) electrons. The third kappa shape index (κ3) is 7.04. The van der Waals surface area contributed by atoms with E-state index in [-0.39, 0.29) is 18.4 Å². The summed E-state index contributed by atoms with van der Waals surface area (Å²) >= 11 is 0. The molecule has 2 aromatic rings. The van der Waals surface area contributed by atoms with Crippen LogP contribution in [0.5, 0.6) is 0 Å². The Morgan fingerprint density at radius 3 is 2.42 bits per heavy atom. The van der Waals surface area contributed by atoms with Gasteiger partial charge in [-0.3, -0.25) is 9.59 Å². The van der Waals surface area contributed by atoms with Gasteiger partial charge in [-0.1, -0.05) is 41.6 Å². The maximum absolute atomic E-state index is 11.9. The number of benzene rings is 2. The van der Waals surface area contributed by atoms with Gasteiger partial charge in [-0.05, 0) is 30.2 Å². The SMILES string of the molecule is CC(=O)Nc1cccc(NC(=O)CO/N=C(\N)CCc2ccccc2)c1. The first-order chi connectivity index (χ1) is 12.5. The van der Waals surface area contributed by atoms with E-state index < -0.39 is 0 Å². The zero-order valence-corrected chi connectivity index (χ0v) is 14.6. The van der Waals surface area contributed by atoms with E-state index in [1.54, 1.807) is 24.3 Å². The van der Waals surface area contributed by atoms with Crippen molar-refractivity contribution in [3.63, 3.8) is 0 Å². The molecule has 136 valence electrons. The van der Waals surface area contributed by atoms with Gasteiger partial charge in [0.1, 0.15) is 5.84 Å². The molecule has 0 saturated heterocycles. The molecule has 0 spiro atoms. The predicted molar refractivity (Wildman–Crippen MR) is 102 cm³/mol. The molecule has 0 aliphatic heterocycles. The van der Waals surface area contributed by atoms with E-state index in [9.17, 15) is 9.59 Å². The van der Waals surface area contributed by atoms with Gasteiger partial charge in [-0.15, -0.1) is 0 Å². The zero-order valence-electron chi connectivity index (χ0n) is 14.6. The molecule has 4 N–H and O–H groups in total. The molecule has 2 amide bonds. The number of oxime groups is 1. The van der Waals surface area contributed by atoms with Crippen LogP contribution in [0.15, 0.2) is 59.8 Å². The van der Waals surface area contributed by atoms with Gasteiger partial charge < -0.3 is 21.2 Å². The average molecular weight is 354 g/mol. The van der Waals surface area contributed by atoms with Gasteiger partial charge in [-0.2, -0.15) is 0 Å². The van der Waals surface area contributed by atoms with Crippen LogP contribution in [0.25, 0.3) is 0 Å². The molecular formula is C19H22N4O3. The molecule has 0 fully saturated rings. The fraction of sp³-hybridized carbons (Fsp3) is 0.211. The van der Waals surface area contributed by atoms with E-state index in [4.69, 9.17) is 10.6 Å². The summed E-state index contributed by atoms with van der Waals surface area (Å²) in [6.07, 6.45) is 1.30. The molecule has 7 heteroatoms. The number of nitrogens with zero attached hydrogens (tertiary/aromatic N) is 1. The largest absolute Gasteiger partial charge is 0.384 e. The Morgan fingerprint density at radius 1 is 1.04 bits per heavy atom. The minimum Gasteiger partial charge on any atom is -0.384 e. The topological polar surface area (TPSA) is 106 Å². The van der Waals surface area contributed by atoms with Crippen LogP contribution in [0.4, 0.5) is 11.4 Å². The first-order valence-electron chi connectivity index (χ1n) is 8.18. The summed E-state index contributed by atoms with van der Waals surface area (Å²) in [6.45, 7) is 1.16. The summed E-state index contributed by atoms with van der Waals surface area (Å²) in [6, 6.07) is 16.7. The number of rotatable bonds is 8. The summed E-state index contributed by atoms with van der Waals surface area (Å²) in [5.74, 6) is -0.226. The Labute approximate surface area is 152 Å². The number of carbonyl (C=O) groups excluding carboxylic acids is 2. The number of nitrogens with one attached hydrogen (secondary N) is 2. The van der Waals surface area contributed by atoms with Crippen molar-refractivity contribution in [1.82, 2.24) is 0 Å². The van der Waals surface area contributed by atoms with Crippen molar-refractivity contribution in [3.8, 4) is 0 Å². The second kappa shape index (κ2) is 9.83. The maximum atomic E-state index is 11.9. The lowest BCUT2D eigenvalue weighted by atomic mass is 10.1. The van der Waals surface area contributed by atoms with E-state index in [1.165, 1.54) is 6.92 Å². The number of nitrogens with two attached hydrogens (primary N) is 1. The maximum Gasteiger partial charge on any atom is 0.265 e. The highest BCUT2D eigenvalue weighted by molar-refractivity contribution is 5.94. The Hall–Kier alpha value is -3.35. The first-order valence-corrected chi connectivity index (χ1v) is 8.18. The molecule has 7 nitrogen and oxygen atoms in total. The van der Waals surface area contributed by atoms with Crippen molar-refractivity contribution in [2.45, 2.75) is 19.8 Å². The minimum atomic E-state index is -0.371. The molecule has 26 heavy (non-hydrogen) atoms. The van der Waals surface area contributed by atoms with Gasteiger partial charge in [0.05, 0.1) is 0 Å². The number of aryl methyl sites for hydroxylation is 1. The van der Waals surface area contributed by atoms with Crippen molar-refractivity contribution in [2.24, 2.45) is 10.9 Å². The van der Waals surface area contributed by atoms with Gasteiger partial charge in [0.25, 0.3) is 5.91 Å². The predicted octanol–water partition coefficient (Wildman–Crippen LogP) is 2.51. The van der Waals surface area contributed by atoms with Crippen LogP contribution in [0, 0.1) is 0 Å². The molecule has 0 unspecified atom stereocenters. The van der Waals surface area contributed by atoms with Crippen LogP contribution < -0.4 is 16.4 Å². The second-order valence-electron chi connectivity index (χ2n) is 5.65. The molecule has 0 aliphatic carbocycles. The van der Waals surface area contributed by atoms with Crippen LogP contribution in [0.2, 0.25) is 0 Å². The quantitative estimate of drug-likeness (QED) is 0.385. The van der Waals surface area contributed by atoms with E-state index in [0.717, 1.165) is 12.0 Å². The Bertz CT molecular complexity index is 775. The number of amides is 2. The summed E-state index contributed by atoms with van der Waals surface area (Å²) in [5.41, 5.74) is 8.08. The van der Waals surface area contributed by atoms with E-state index >= 15 is 0 Å². The molecule has 0 aromatic heterocycles. The average Bonchev–Trinajstić information content (AvgIpc) is 2.60. The number of anilines is 2. The fourth-order valence-corrected chi connectivity index (χ4v) is 2.21. The van der Waals surface area contributed by atoms with Crippen LogP contribution >= 0.6 is 0 Å². The van der Waals surface area contributed by atoms with Gasteiger partial charge in [0, 0.05) is 24.7 Å². The van der Waals surface area contributed by atoms with Gasteiger partial charge in [0.2, 0.25) is 5.91 Å². The highest BCUT2D eigenvalue weighted by atomic mass is 16.6. The van der Waals surface area contributed by atoms with Crippen molar-refractivity contribution in [2.75, 3.05) is 17.2 Å². The van der Waals surface area contributed by atoms with E-state index in [0.29, 0.717) is 23.6 Å². The third-order valence-corrected chi connectivity index (χ3v) is 3.36. The van der Waals surface area contributed by atoms with Crippen LogP contribution in [-0.4, -0.2) is 24.3 Å². The van der Waals surface area contributed by atoms with Crippen molar-refractivity contribution >= 4 is 29.0 Å². The lowest BCUT2D eigenvalue weighted by Crippen LogP contribution is -2.19. The number of hydrogen-bond acceptors (Lipinski definition) is 4. The third-order valence-electron chi connectivity index (χ3n) is 3.36. The van der Waals surface area contributed by atoms with Gasteiger partial charge in [0.15, 0.2) is 6.61 Å². The standard InChI is InChI=1S/C19H22N4O3/c1-14(24)21-16-8-5-9-17(12-16)22-19(25)13-26-23-18(20)11-10-15-6-3-2-4-7-15/h2-9,12H,10-11,13H2,1H3,(H2,20,23)(H,21,24)(H,22,25). The fourth-order valence-electron chi connectivity index (χ4n) is 2.21. The van der Waals surface area contributed by atoms with E-state index in [2.05, 4.69) is 15.8 Å². The molecule has 0 heterocycles. The normalized spacial score (nSPS) is 10.9. The Balaban J connectivity index is 1.75. The molecule has 2 aromatic carbocycles. The lowest BCUT2D eigenvalue weighted by molar-refractivity contribution is -0.120. The molecule has 0 aliphatic rings. The summed E-state index contributed by atoms with van der Waals surface area (Å²) in [4.78, 5) is 27.9. The van der Waals surface area contributed by atoms with Crippen LogP contribution in [-0.2, 0) is 20.8 Å². The van der Waals surface area contributed by atoms with Gasteiger partial charge >= 0.3 is 0 Å². The molecular weight excluding hydrogens is 332 g/mol. The zero-order chi connectivity index (χ0) is 18.8. The highest BCUT2D eigenvalue weighted by Crippen LogP contribution is 2.14.